The van der Waals surface area contributed by atoms with Crippen molar-refractivity contribution in [2.24, 2.45) is 0 Å². The Kier molecular flexibility index (Phi) is 4.70. The van der Waals surface area contributed by atoms with Crippen molar-refractivity contribution in [3.05, 3.63) is 53.3 Å². The summed E-state index contributed by atoms with van der Waals surface area (Å²) in [5.74, 6) is -0.0467. The van der Waals surface area contributed by atoms with Gasteiger partial charge in [-0.2, -0.15) is 0 Å². The fourth-order valence-electron chi connectivity index (χ4n) is 1.83. The maximum absolute atomic E-state index is 11.6. The first kappa shape index (κ1) is 13.2. The molecule has 0 aliphatic heterocycles. The van der Waals surface area contributed by atoms with Crippen LogP contribution in [0.1, 0.15) is 32.8 Å². The Labute approximate surface area is 102 Å². The van der Waals surface area contributed by atoms with E-state index < -0.39 is 0 Å². The van der Waals surface area contributed by atoms with Gasteiger partial charge in [0.25, 0.3) is 0 Å². The lowest BCUT2D eigenvalue weighted by atomic mass is 9.93. The number of Topliss-reactive ketones (excluding diaryl/α,β-unsaturated/α-hetero) is 1. The van der Waals surface area contributed by atoms with Crippen molar-refractivity contribution in [2.75, 3.05) is 0 Å². The summed E-state index contributed by atoms with van der Waals surface area (Å²) in [6.07, 6.45) is 2.78. The smallest absolute Gasteiger partial charge is 0.163 e. The summed E-state index contributed by atoms with van der Waals surface area (Å²) < 4.78 is 0. The van der Waals surface area contributed by atoms with Gasteiger partial charge in [0.15, 0.2) is 5.78 Å². The Morgan fingerprint density at radius 2 is 1.82 bits per heavy atom. The molecular weight excluding hydrogens is 212 g/mol. The maximum atomic E-state index is 11.6. The van der Waals surface area contributed by atoms with Crippen LogP contribution in [-0.4, -0.2) is 10.9 Å². The molecule has 2 nitrogen and oxygen atoms in total. The molecule has 1 rings (SSSR count). The number of hydrogen-bond acceptors (Lipinski definition) is 2. The molecule has 0 saturated carbocycles. The van der Waals surface area contributed by atoms with Crippen LogP contribution in [0.3, 0.4) is 0 Å². The minimum atomic E-state index is -0.117. The Hall–Kier alpha value is -1.83. The van der Waals surface area contributed by atoms with Crippen molar-refractivity contribution in [1.82, 2.24) is 0 Å². The van der Waals surface area contributed by atoms with Crippen LogP contribution in [0.15, 0.2) is 47.7 Å². The molecule has 1 aromatic carbocycles. The monoisotopic (exact) mass is 230 g/mol. The molecule has 0 spiro atoms. The summed E-state index contributed by atoms with van der Waals surface area (Å²) >= 11 is 0. The standard InChI is InChI=1S/C15H18O2/c1-4-8-14(13-9-6-5-7-10-13)15(11(2)16)12(3)17/h5-10,16H,4H2,1-3H3/b14-8+,15-11+. The van der Waals surface area contributed by atoms with Gasteiger partial charge in [0.05, 0.1) is 5.57 Å². The van der Waals surface area contributed by atoms with Crippen LogP contribution in [0, 0.1) is 0 Å². The maximum Gasteiger partial charge on any atom is 0.163 e. The Bertz CT molecular complexity index is 449. The average molecular weight is 230 g/mol. The van der Waals surface area contributed by atoms with Crippen molar-refractivity contribution in [1.29, 1.82) is 0 Å². The lowest BCUT2D eigenvalue weighted by molar-refractivity contribution is -0.113. The quantitative estimate of drug-likeness (QED) is 0.484. The van der Waals surface area contributed by atoms with Crippen LogP contribution in [0.2, 0.25) is 0 Å². The number of hydrogen-bond donors (Lipinski definition) is 1. The molecule has 1 N–H and O–H groups in total. The Morgan fingerprint density at radius 3 is 2.24 bits per heavy atom. The third-order valence-electron chi connectivity index (χ3n) is 2.48. The molecule has 0 aliphatic rings. The molecule has 0 saturated heterocycles. The summed E-state index contributed by atoms with van der Waals surface area (Å²) in [7, 11) is 0. The van der Waals surface area contributed by atoms with Crippen molar-refractivity contribution in [2.45, 2.75) is 27.2 Å². The van der Waals surface area contributed by atoms with Gasteiger partial charge in [-0.05, 0) is 31.4 Å². The zero-order valence-electron chi connectivity index (χ0n) is 10.5. The van der Waals surface area contributed by atoms with Gasteiger partial charge in [0.1, 0.15) is 5.76 Å². The molecule has 0 atom stereocenters. The fourth-order valence-corrected chi connectivity index (χ4v) is 1.83. The second-order valence-electron chi connectivity index (χ2n) is 3.91. The highest BCUT2D eigenvalue weighted by atomic mass is 16.3. The van der Waals surface area contributed by atoms with Gasteiger partial charge in [0, 0.05) is 0 Å². The van der Waals surface area contributed by atoms with E-state index in [9.17, 15) is 9.90 Å². The van der Waals surface area contributed by atoms with Crippen LogP contribution in [0.4, 0.5) is 0 Å². The van der Waals surface area contributed by atoms with E-state index >= 15 is 0 Å². The van der Waals surface area contributed by atoms with E-state index in [4.69, 9.17) is 0 Å². The van der Waals surface area contributed by atoms with E-state index in [1.807, 2.05) is 43.3 Å². The van der Waals surface area contributed by atoms with Gasteiger partial charge in [-0.15, -0.1) is 0 Å². The van der Waals surface area contributed by atoms with E-state index in [2.05, 4.69) is 0 Å². The van der Waals surface area contributed by atoms with E-state index in [-0.39, 0.29) is 11.5 Å². The second-order valence-corrected chi connectivity index (χ2v) is 3.91. The van der Waals surface area contributed by atoms with Gasteiger partial charge in [-0.25, -0.2) is 0 Å². The molecule has 0 fully saturated rings. The molecule has 0 radical (unpaired) electrons. The van der Waals surface area contributed by atoms with Crippen LogP contribution in [0.5, 0.6) is 0 Å². The minimum Gasteiger partial charge on any atom is -0.512 e. The fraction of sp³-hybridized carbons (Fsp3) is 0.267. The molecule has 0 amide bonds. The van der Waals surface area contributed by atoms with Gasteiger partial charge < -0.3 is 5.11 Å². The molecule has 1 aromatic rings. The first-order valence-electron chi connectivity index (χ1n) is 5.74. The number of ketones is 1. The van der Waals surface area contributed by atoms with Crippen LogP contribution in [0.25, 0.3) is 5.57 Å². The van der Waals surface area contributed by atoms with Crippen molar-refractivity contribution in [3.63, 3.8) is 0 Å². The number of aliphatic hydroxyl groups excluding tert-OH is 1. The molecule has 0 bridgehead atoms. The van der Waals surface area contributed by atoms with Gasteiger partial charge in [0.2, 0.25) is 0 Å². The highest BCUT2D eigenvalue weighted by Gasteiger charge is 2.15. The predicted octanol–water partition coefficient (Wildman–Crippen LogP) is 3.90. The van der Waals surface area contributed by atoms with E-state index in [1.165, 1.54) is 6.92 Å². The zero-order valence-corrected chi connectivity index (χ0v) is 10.5. The summed E-state index contributed by atoms with van der Waals surface area (Å²) in [4.78, 5) is 11.6. The number of benzene rings is 1. The highest BCUT2D eigenvalue weighted by Crippen LogP contribution is 2.26. The molecular formula is C15H18O2. The summed E-state index contributed by atoms with van der Waals surface area (Å²) in [6, 6.07) is 9.64. The van der Waals surface area contributed by atoms with Crippen LogP contribution in [-0.2, 0) is 4.79 Å². The SMILES string of the molecule is CC/C=C(/C(C(C)=O)=C(\C)O)c1ccccc1. The zero-order chi connectivity index (χ0) is 12.8. The third-order valence-corrected chi connectivity index (χ3v) is 2.48. The first-order valence-corrected chi connectivity index (χ1v) is 5.74. The third kappa shape index (κ3) is 3.31. The number of carbonyl (C=O) groups is 1. The molecule has 0 unspecified atom stereocenters. The van der Waals surface area contributed by atoms with Crippen molar-refractivity contribution >= 4 is 11.4 Å². The Balaban J connectivity index is 3.34. The van der Waals surface area contributed by atoms with Crippen molar-refractivity contribution in [3.8, 4) is 0 Å². The summed E-state index contributed by atoms with van der Waals surface area (Å²) in [5.41, 5.74) is 2.16. The summed E-state index contributed by atoms with van der Waals surface area (Å²) in [6.45, 7) is 5.03. The highest BCUT2D eigenvalue weighted by molar-refractivity contribution is 6.09. The molecule has 0 aliphatic carbocycles. The van der Waals surface area contributed by atoms with E-state index in [0.29, 0.717) is 5.57 Å². The molecule has 0 heterocycles. The Morgan fingerprint density at radius 1 is 1.24 bits per heavy atom. The lowest BCUT2D eigenvalue weighted by Crippen LogP contribution is -2.03. The van der Waals surface area contributed by atoms with Gasteiger partial charge >= 0.3 is 0 Å². The number of aliphatic hydroxyl groups is 1. The van der Waals surface area contributed by atoms with Crippen molar-refractivity contribution < 1.29 is 9.90 Å². The average Bonchev–Trinajstić information content (AvgIpc) is 2.28. The normalized spacial score (nSPS) is 13.2. The van der Waals surface area contributed by atoms with Gasteiger partial charge in [-0.1, -0.05) is 43.3 Å². The predicted molar refractivity (Wildman–Crippen MR) is 70.7 cm³/mol. The minimum absolute atomic E-state index is 0.0704. The van der Waals surface area contributed by atoms with E-state index in [1.54, 1.807) is 6.92 Å². The second kappa shape index (κ2) is 6.04. The molecule has 17 heavy (non-hydrogen) atoms. The van der Waals surface area contributed by atoms with Crippen LogP contribution >= 0.6 is 0 Å². The summed E-state index contributed by atoms with van der Waals surface area (Å²) in [5, 5.41) is 9.66. The van der Waals surface area contributed by atoms with Gasteiger partial charge in [-0.3, -0.25) is 4.79 Å². The lowest BCUT2D eigenvalue weighted by Gasteiger charge is -2.11. The number of carbonyl (C=O) groups excluding carboxylic acids is 1. The first-order chi connectivity index (χ1) is 8.07. The van der Waals surface area contributed by atoms with Crippen LogP contribution < -0.4 is 0 Å². The number of rotatable bonds is 4. The topological polar surface area (TPSA) is 37.3 Å². The largest absolute Gasteiger partial charge is 0.512 e. The van der Waals surface area contributed by atoms with E-state index in [0.717, 1.165) is 17.6 Å². The molecule has 90 valence electrons. The molecule has 0 aromatic heterocycles. The molecule has 2 heteroatoms. The number of allylic oxidation sites excluding steroid dienone is 4.